The van der Waals surface area contributed by atoms with Gasteiger partial charge in [-0.25, -0.2) is 10.7 Å². The van der Waals surface area contributed by atoms with E-state index in [4.69, 9.17) is 20.4 Å². The molecule has 0 atom stereocenters. The van der Waals surface area contributed by atoms with E-state index in [2.05, 4.69) is 78.8 Å². The molecule has 0 saturated heterocycles. The Morgan fingerprint density at radius 1 is 0.649 bits per heavy atom. The number of aliphatic imine (C=N–C) groups is 3. The molecule has 5 aliphatic rings. The van der Waals surface area contributed by atoms with E-state index in [9.17, 15) is 0 Å². The van der Waals surface area contributed by atoms with Crippen LogP contribution in [0.25, 0.3) is 5.43 Å². The van der Waals surface area contributed by atoms with Gasteiger partial charge in [-0.1, -0.05) is 33.4 Å². The van der Waals surface area contributed by atoms with Gasteiger partial charge in [0.25, 0.3) is 0 Å². The summed E-state index contributed by atoms with van der Waals surface area (Å²) in [6, 6.07) is 0. The van der Waals surface area contributed by atoms with Crippen LogP contribution in [0.5, 0.6) is 0 Å². The second-order valence-corrected chi connectivity index (χ2v) is 9.51. The molecule has 37 heavy (non-hydrogen) atoms. The van der Waals surface area contributed by atoms with E-state index in [1.54, 1.807) is 0 Å². The van der Waals surface area contributed by atoms with E-state index in [-0.39, 0.29) is 16.5 Å². The van der Waals surface area contributed by atoms with Crippen LogP contribution in [-0.4, -0.2) is 28.7 Å². The predicted octanol–water partition coefficient (Wildman–Crippen LogP) is 7.78. The molecule has 0 fully saturated rings. The van der Waals surface area contributed by atoms with Gasteiger partial charge in [-0.05, 0) is 98.6 Å². The molecule has 0 spiro atoms. The number of hydrogen-bond acceptors (Lipinski definition) is 4. The van der Waals surface area contributed by atoms with Gasteiger partial charge in [0.15, 0.2) is 0 Å². The SMILES string of the molecule is CCC1=C(C)C2=NC1=CC1=NC(=CC3=NC(=CC4=[C-]C(=C2)[N-]N4CC)C(C)=C3CC)C(CC)=C1CC.[Ni+2]. The van der Waals surface area contributed by atoms with Crippen molar-refractivity contribution >= 4 is 17.1 Å². The molecular weight excluding hydrogens is 501 g/mol. The zero-order valence-electron chi connectivity index (χ0n) is 22.9. The molecule has 6 heteroatoms. The van der Waals surface area contributed by atoms with Gasteiger partial charge in [-0.3, -0.25) is 9.98 Å². The van der Waals surface area contributed by atoms with Crippen molar-refractivity contribution in [2.24, 2.45) is 15.0 Å². The van der Waals surface area contributed by atoms with Crippen molar-refractivity contribution in [2.75, 3.05) is 6.54 Å². The van der Waals surface area contributed by atoms with Crippen molar-refractivity contribution in [1.82, 2.24) is 5.01 Å². The van der Waals surface area contributed by atoms with Gasteiger partial charge in [0.2, 0.25) is 0 Å². The standard InChI is InChI=1S/C31H35N5.Ni/c1-8-22-18(6)26-14-20-13-21(36(12-5)35-20)15-27-19(7)23(9-2)29(33-27)17-31-25(11-4)24(10-3)30(34-31)16-28(22)32-26;/h14-17H,8-12H2,1-7H3;/q-2;+2. The van der Waals surface area contributed by atoms with E-state index in [0.29, 0.717) is 0 Å². The Morgan fingerprint density at radius 3 is 1.84 bits per heavy atom. The molecule has 8 bridgehead atoms. The quantitative estimate of drug-likeness (QED) is 0.262. The van der Waals surface area contributed by atoms with Gasteiger partial charge in [0, 0.05) is 11.4 Å². The first kappa shape index (κ1) is 27.1. The van der Waals surface area contributed by atoms with E-state index in [1.807, 2.05) is 5.01 Å². The Balaban J connectivity index is 0.00000320. The molecule has 0 aromatic carbocycles. The molecule has 5 nitrogen and oxygen atoms in total. The van der Waals surface area contributed by atoms with E-state index in [0.717, 1.165) is 77.8 Å². The second kappa shape index (κ2) is 10.8. The second-order valence-electron chi connectivity index (χ2n) is 9.51. The Morgan fingerprint density at radius 2 is 1.22 bits per heavy atom. The van der Waals surface area contributed by atoms with E-state index in [1.165, 1.54) is 33.4 Å². The van der Waals surface area contributed by atoms with Crippen LogP contribution in [0.1, 0.15) is 74.1 Å². The number of rotatable bonds is 5. The topological polar surface area (TPSA) is 54.4 Å². The molecule has 0 N–H and O–H groups in total. The monoisotopic (exact) mass is 535 g/mol. The van der Waals surface area contributed by atoms with Crippen molar-refractivity contribution in [3.8, 4) is 0 Å². The summed E-state index contributed by atoms with van der Waals surface area (Å²) in [7, 11) is 0. The minimum atomic E-state index is 0. The Labute approximate surface area is 231 Å². The Bertz CT molecular complexity index is 1380. The fourth-order valence-corrected chi connectivity index (χ4v) is 5.61. The van der Waals surface area contributed by atoms with Crippen LogP contribution in [0.3, 0.4) is 0 Å². The molecule has 5 rings (SSSR count). The van der Waals surface area contributed by atoms with Crippen LogP contribution in [-0.2, 0) is 16.5 Å². The maximum atomic E-state index is 5.16. The van der Waals surface area contributed by atoms with Gasteiger partial charge < -0.3 is 10.4 Å². The fourth-order valence-electron chi connectivity index (χ4n) is 5.61. The molecule has 0 radical (unpaired) electrons. The van der Waals surface area contributed by atoms with Crippen LogP contribution in [0.2, 0.25) is 0 Å². The van der Waals surface area contributed by atoms with Crippen LogP contribution in [0, 0.1) is 6.08 Å². The third-order valence-electron chi connectivity index (χ3n) is 7.57. The summed E-state index contributed by atoms with van der Waals surface area (Å²) < 4.78 is 0. The van der Waals surface area contributed by atoms with Crippen LogP contribution in [0.4, 0.5) is 0 Å². The molecule has 5 heterocycles. The number of nitrogens with zero attached hydrogens (tertiary/aromatic N) is 5. The summed E-state index contributed by atoms with van der Waals surface area (Å²) in [6.07, 6.45) is 15.8. The molecule has 0 aromatic rings. The van der Waals surface area contributed by atoms with Crippen molar-refractivity contribution in [3.63, 3.8) is 0 Å². The number of allylic oxidation sites excluding steroid dienone is 11. The van der Waals surface area contributed by atoms with Gasteiger partial charge in [0.1, 0.15) is 0 Å². The minimum Gasteiger partial charge on any atom is -0.617 e. The minimum absolute atomic E-state index is 0. The van der Waals surface area contributed by atoms with Gasteiger partial charge in [-0.15, -0.1) is 12.2 Å². The van der Waals surface area contributed by atoms with Crippen LogP contribution in [0.15, 0.2) is 101 Å². The molecule has 0 saturated carbocycles. The smallest absolute Gasteiger partial charge is 0.617 e. The van der Waals surface area contributed by atoms with Gasteiger partial charge >= 0.3 is 16.5 Å². The average Bonchev–Trinajstić information content (AvgIpc) is 3.57. The number of hydrogen-bond donors (Lipinski definition) is 0. The molecule has 0 aliphatic carbocycles. The summed E-state index contributed by atoms with van der Waals surface area (Å²) >= 11 is 0. The van der Waals surface area contributed by atoms with Crippen molar-refractivity contribution < 1.29 is 16.5 Å². The number of fused-ring (bicyclic) bond motifs is 4. The molecule has 194 valence electrons. The van der Waals surface area contributed by atoms with Gasteiger partial charge in [0.05, 0.1) is 22.8 Å². The maximum absolute atomic E-state index is 5.16. The predicted molar refractivity (Wildman–Crippen MR) is 151 cm³/mol. The average molecular weight is 536 g/mol. The van der Waals surface area contributed by atoms with Crippen molar-refractivity contribution in [3.05, 3.63) is 97.7 Å². The molecule has 0 unspecified atom stereocenters. The summed E-state index contributed by atoms with van der Waals surface area (Å²) in [5.41, 5.74) is 20.2. The van der Waals surface area contributed by atoms with Crippen molar-refractivity contribution in [2.45, 2.75) is 74.1 Å². The third kappa shape index (κ3) is 4.61. The summed E-state index contributed by atoms with van der Waals surface area (Å²) in [5, 5.41) is 1.99. The number of likely N-dealkylation sites (N-methyl/N-ethyl adjacent to an activating group) is 1. The molecular formula is C31H35N5Ni. The summed E-state index contributed by atoms with van der Waals surface area (Å²) in [4.78, 5) is 15.3. The first-order valence-electron chi connectivity index (χ1n) is 13.3. The normalized spacial score (nSPS) is 20.7. The first-order valence-corrected chi connectivity index (χ1v) is 13.3. The largest absolute Gasteiger partial charge is 2.00 e. The Hall–Kier alpha value is -2.98. The van der Waals surface area contributed by atoms with Gasteiger partial charge in [-0.2, -0.15) is 6.08 Å². The molecule has 0 amide bonds. The van der Waals surface area contributed by atoms with Crippen LogP contribution < -0.4 is 0 Å². The first-order chi connectivity index (χ1) is 17.4. The van der Waals surface area contributed by atoms with Crippen LogP contribution >= 0.6 is 0 Å². The van der Waals surface area contributed by atoms with Crippen molar-refractivity contribution in [1.29, 1.82) is 0 Å². The fraction of sp³-hybridized carbons (Fsp3) is 0.387. The zero-order valence-corrected chi connectivity index (χ0v) is 23.9. The summed E-state index contributed by atoms with van der Waals surface area (Å²) in [6.45, 7) is 16.0. The molecule has 5 aliphatic heterocycles. The molecule has 0 aromatic heterocycles. The van der Waals surface area contributed by atoms with E-state index >= 15 is 0 Å². The van der Waals surface area contributed by atoms with E-state index < -0.39 is 0 Å². The summed E-state index contributed by atoms with van der Waals surface area (Å²) in [5.74, 6) is 0. The third-order valence-corrected chi connectivity index (χ3v) is 7.57. The maximum Gasteiger partial charge on any atom is 2.00 e. The Kier molecular flexibility index (Phi) is 7.89. The zero-order chi connectivity index (χ0) is 25.6.